The van der Waals surface area contributed by atoms with Crippen LogP contribution in [0.1, 0.15) is 122 Å². The molecule has 1 aliphatic carbocycles. The zero-order valence-corrected chi connectivity index (χ0v) is 37.4. The molecule has 0 bridgehead atoms. The average molecular weight is 1030 g/mol. The third kappa shape index (κ3) is 11.7. The minimum Gasteiger partial charge on any atom is -0.349 e. The number of halogens is 20. The summed E-state index contributed by atoms with van der Waals surface area (Å²) in [5, 5.41) is 0. The average Bonchev–Trinajstić information content (AvgIpc) is 3.34. The van der Waals surface area contributed by atoms with Gasteiger partial charge in [0.1, 0.15) is 58.2 Å². The van der Waals surface area contributed by atoms with Crippen LogP contribution in [0.2, 0.25) is 0 Å². The molecule has 4 aromatic carbocycles. The van der Waals surface area contributed by atoms with Crippen molar-refractivity contribution in [1.29, 1.82) is 0 Å². The van der Waals surface area contributed by atoms with Crippen molar-refractivity contribution in [3.63, 3.8) is 0 Å². The molecule has 1 atom stereocenters. The fraction of sp³-hybridized carbons (Fsp3) is 0.417. The Morgan fingerprint density at radius 3 is 0.757 bits per heavy atom. The maximum Gasteiger partial charge on any atom is 0.200 e. The van der Waals surface area contributed by atoms with E-state index >= 15 is 35.1 Å². The van der Waals surface area contributed by atoms with Crippen molar-refractivity contribution in [2.45, 2.75) is 128 Å². The van der Waals surface area contributed by atoms with Crippen molar-refractivity contribution < 1.29 is 93.5 Å². The predicted octanol–water partition coefficient (Wildman–Crippen LogP) is 13.0. The minimum absolute atomic E-state index is 0.199. The highest BCUT2D eigenvalue weighted by Crippen LogP contribution is 2.31. The number of rotatable bonds is 21. The van der Waals surface area contributed by atoms with E-state index in [1.807, 2.05) is 0 Å². The maximum atomic E-state index is 15.4. The van der Waals surface area contributed by atoms with Crippen LogP contribution in [-0.2, 0) is 0 Å². The summed E-state index contributed by atoms with van der Waals surface area (Å²) in [5.41, 5.74) is -9.73. The topological polar surface area (TPSA) is 27.6 Å². The predicted molar refractivity (Wildman–Crippen MR) is 222 cm³/mol. The fourth-order valence-corrected chi connectivity index (χ4v) is 8.79. The SMILES string of the molecule is CCCCCCCCCCCCCCCCCCC1([NH3+])C=CC=CC1.Fc1c(F)c(F)c([B-](c2c(F)c(F)c(F)c(F)c2F)(c2c(F)c(F)c(F)c(F)c2F)c2c(F)c(F)c(F)c(F)c2F)c(F)c1F. The molecule has 0 spiro atoms. The van der Waals surface area contributed by atoms with E-state index in [2.05, 4.69) is 37.0 Å². The van der Waals surface area contributed by atoms with E-state index in [-0.39, 0.29) is 5.54 Å². The van der Waals surface area contributed by atoms with Crippen molar-refractivity contribution in [3.8, 4) is 0 Å². The summed E-state index contributed by atoms with van der Waals surface area (Å²) in [7, 11) is 0. The van der Waals surface area contributed by atoms with Crippen molar-refractivity contribution in [2.24, 2.45) is 0 Å². The first-order chi connectivity index (χ1) is 33.0. The smallest absolute Gasteiger partial charge is 0.200 e. The molecule has 0 aliphatic heterocycles. The van der Waals surface area contributed by atoms with Crippen LogP contribution in [0.25, 0.3) is 0 Å². The summed E-state index contributed by atoms with van der Waals surface area (Å²) in [6.07, 6.45) is 27.1. The lowest BCUT2D eigenvalue weighted by molar-refractivity contribution is -0.460. The first-order valence-corrected chi connectivity index (χ1v) is 22.4. The minimum atomic E-state index is -7.22. The highest BCUT2D eigenvalue weighted by molar-refractivity contribution is 7.20. The van der Waals surface area contributed by atoms with E-state index < -0.39 is 144 Å². The van der Waals surface area contributed by atoms with Gasteiger partial charge in [0.05, 0.1) is 0 Å². The van der Waals surface area contributed by atoms with Crippen LogP contribution in [0.15, 0.2) is 24.3 Å². The number of benzene rings is 4. The van der Waals surface area contributed by atoms with Gasteiger partial charge in [0.2, 0.25) is 0 Å². The highest BCUT2D eigenvalue weighted by Gasteiger charge is 2.52. The molecule has 1 aliphatic rings. The molecule has 0 heterocycles. The third-order valence-electron chi connectivity index (χ3n) is 12.5. The first kappa shape index (κ1) is 57.6. The molecule has 5 rings (SSSR count). The standard InChI is InChI=1S/C24BF20.C24H45N/c26-5-1(6(27)14(35)21(42)13(5)34)25(2-7(28)15(36)22(43)16(37)8(2)29,3-9(30)17(38)23(44)18(39)10(3)31)4-11(32)19(40)24(45)20(41)12(4)33;1-2-3-4-5-6-7-8-9-10-11-12-13-14-15-16-18-21-24(25)22-19-17-20-23-24/h;17,19-20,22H,2-16,18,21,23,25H2,1H3/q-1;/p+1. The van der Waals surface area contributed by atoms with Gasteiger partial charge in [-0.1, -0.05) is 121 Å². The number of unbranched alkanes of at least 4 members (excludes halogenated alkanes) is 15. The molecule has 1 nitrogen and oxygen atoms in total. The van der Waals surface area contributed by atoms with Gasteiger partial charge in [-0.25, -0.2) is 87.8 Å². The van der Waals surface area contributed by atoms with E-state index in [1.165, 1.54) is 109 Å². The van der Waals surface area contributed by atoms with Gasteiger partial charge in [-0.05, 0) is 12.5 Å². The van der Waals surface area contributed by atoms with Crippen molar-refractivity contribution in [3.05, 3.63) is 141 Å². The molecule has 3 N–H and O–H groups in total. The van der Waals surface area contributed by atoms with Gasteiger partial charge in [0, 0.05) is 12.8 Å². The molecule has 1 unspecified atom stereocenters. The van der Waals surface area contributed by atoms with Crippen molar-refractivity contribution >= 4 is 28.0 Å². The van der Waals surface area contributed by atoms with Crippen LogP contribution >= 0.6 is 0 Å². The van der Waals surface area contributed by atoms with E-state index in [1.54, 1.807) is 0 Å². The zero-order chi connectivity index (χ0) is 52.4. The molecular formula is C48H46BF20N. The van der Waals surface area contributed by atoms with Gasteiger partial charge in [-0.3, -0.25) is 0 Å². The summed E-state index contributed by atoms with van der Waals surface area (Å²) in [5.74, 6) is -71.4. The van der Waals surface area contributed by atoms with Crippen molar-refractivity contribution in [2.75, 3.05) is 0 Å². The van der Waals surface area contributed by atoms with Gasteiger partial charge < -0.3 is 5.73 Å². The van der Waals surface area contributed by atoms with E-state index in [0.29, 0.717) is 0 Å². The van der Waals surface area contributed by atoms with E-state index in [0.717, 1.165) is 6.42 Å². The first-order valence-electron chi connectivity index (χ1n) is 22.4. The zero-order valence-electron chi connectivity index (χ0n) is 37.4. The van der Waals surface area contributed by atoms with Gasteiger partial charge in [-0.15, -0.1) is 21.9 Å². The summed E-state index contributed by atoms with van der Waals surface area (Å²) in [4.78, 5) is 0. The largest absolute Gasteiger partial charge is 0.349 e. The number of hydrogen-bond acceptors (Lipinski definition) is 0. The molecule has 0 radical (unpaired) electrons. The Labute approximate surface area is 389 Å². The Balaban J connectivity index is 0.000000361. The molecule has 0 saturated carbocycles. The molecular weight excluding hydrogens is 981 g/mol. The Hall–Kier alpha value is -5.02. The molecule has 0 amide bonds. The third-order valence-corrected chi connectivity index (χ3v) is 12.5. The van der Waals surface area contributed by atoms with Gasteiger partial charge in [0.15, 0.2) is 69.8 Å². The van der Waals surface area contributed by atoms with Gasteiger partial charge in [-0.2, -0.15) is 0 Å². The molecule has 22 heteroatoms. The van der Waals surface area contributed by atoms with E-state index in [4.69, 9.17) is 0 Å². The van der Waals surface area contributed by atoms with Crippen LogP contribution < -0.4 is 27.6 Å². The summed E-state index contributed by atoms with van der Waals surface area (Å²) in [6.45, 7) is 2.30. The monoisotopic (exact) mass is 1030 g/mol. The van der Waals surface area contributed by atoms with Crippen LogP contribution in [0.4, 0.5) is 87.8 Å². The lowest BCUT2D eigenvalue weighted by Crippen LogP contribution is -2.81. The van der Waals surface area contributed by atoms with Crippen LogP contribution in [0, 0.1) is 116 Å². The second-order valence-corrected chi connectivity index (χ2v) is 17.2. The Morgan fingerprint density at radius 2 is 0.543 bits per heavy atom. The Morgan fingerprint density at radius 1 is 0.329 bits per heavy atom. The molecule has 0 saturated heterocycles. The molecule has 0 aromatic heterocycles. The maximum absolute atomic E-state index is 15.4. The number of allylic oxidation sites excluding steroid dienone is 2. The molecule has 0 fully saturated rings. The number of quaternary nitrogens is 1. The molecule has 386 valence electrons. The van der Waals surface area contributed by atoms with Gasteiger partial charge >= 0.3 is 0 Å². The Bertz CT molecular complexity index is 2180. The van der Waals surface area contributed by atoms with Crippen LogP contribution in [0.3, 0.4) is 0 Å². The van der Waals surface area contributed by atoms with Crippen molar-refractivity contribution in [1.82, 2.24) is 0 Å². The second-order valence-electron chi connectivity index (χ2n) is 17.2. The lowest BCUT2D eigenvalue weighted by atomic mass is 9.12. The normalized spacial score (nSPS) is 14.7. The van der Waals surface area contributed by atoms with Gasteiger partial charge in [0.25, 0.3) is 0 Å². The second kappa shape index (κ2) is 24.9. The van der Waals surface area contributed by atoms with E-state index in [9.17, 15) is 52.7 Å². The summed E-state index contributed by atoms with van der Waals surface area (Å²) < 4.78 is 294. The Kier molecular flexibility index (Phi) is 20.5. The summed E-state index contributed by atoms with van der Waals surface area (Å²) in [6, 6.07) is 0. The quantitative estimate of drug-likeness (QED) is 0.0283. The highest BCUT2D eigenvalue weighted by atomic mass is 19.2. The van der Waals surface area contributed by atoms with Crippen LogP contribution in [0.5, 0.6) is 0 Å². The molecule has 4 aromatic rings. The van der Waals surface area contributed by atoms with Crippen LogP contribution in [-0.4, -0.2) is 11.7 Å². The number of hydrogen-bond donors (Lipinski definition) is 1. The lowest BCUT2D eigenvalue weighted by Gasteiger charge is -2.44. The fourth-order valence-electron chi connectivity index (χ4n) is 8.79. The summed E-state index contributed by atoms with van der Waals surface area (Å²) >= 11 is 0. The molecule has 70 heavy (non-hydrogen) atoms.